The quantitative estimate of drug-likeness (QED) is 0.876. The van der Waals surface area contributed by atoms with Gasteiger partial charge >= 0.3 is 6.18 Å². The number of halogens is 3. The maximum absolute atomic E-state index is 12.5. The molecule has 0 aliphatic heterocycles. The molecule has 0 atom stereocenters. The van der Waals surface area contributed by atoms with E-state index in [1.165, 1.54) is 15.9 Å². The monoisotopic (exact) mass is 303 g/mol. The highest BCUT2D eigenvalue weighted by Crippen LogP contribution is 2.27. The van der Waals surface area contributed by atoms with Gasteiger partial charge in [0.15, 0.2) is 0 Å². The van der Waals surface area contributed by atoms with Crippen LogP contribution in [0.1, 0.15) is 35.3 Å². The van der Waals surface area contributed by atoms with Gasteiger partial charge in [-0.15, -0.1) is 10.2 Å². The molecule has 0 aliphatic carbocycles. The van der Waals surface area contributed by atoms with Gasteiger partial charge in [-0.2, -0.15) is 13.2 Å². The largest absolute Gasteiger partial charge is 0.416 e. The van der Waals surface area contributed by atoms with Gasteiger partial charge in [-0.05, 0) is 6.07 Å². The van der Waals surface area contributed by atoms with Crippen molar-refractivity contribution in [3.05, 3.63) is 44.3 Å². The summed E-state index contributed by atoms with van der Waals surface area (Å²) in [4.78, 5) is 11.7. The van der Waals surface area contributed by atoms with Crippen LogP contribution in [0.5, 0.6) is 0 Å². The zero-order chi connectivity index (χ0) is 14.9. The maximum Gasteiger partial charge on any atom is 0.416 e. The second-order valence-electron chi connectivity index (χ2n) is 4.57. The minimum Gasteiger partial charge on any atom is -0.309 e. The normalized spacial score (nSPS) is 12.1. The van der Waals surface area contributed by atoms with Crippen LogP contribution in [0.3, 0.4) is 0 Å². The number of rotatable bonds is 3. The van der Waals surface area contributed by atoms with E-state index in [4.69, 9.17) is 0 Å². The van der Waals surface area contributed by atoms with Crippen LogP contribution in [0.15, 0.2) is 23.1 Å². The summed E-state index contributed by atoms with van der Waals surface area (Å²) in [5.41, 5.74) is -1.65. The minimum absolute atomic E-state index is 0.126. The van der Waals surface area contributed by atoms with E-state index in [9.17, 15) is 18.0 Å². The van der Waals surface area contributed by atoms with Gasteiger partial charge in [0.05, 0.1) is 12.1 Å². The van der Waals surface area contributed by atoms with Crippen molar-refractivity contribution >= 4 is 11.3 Å². The van der Waals surface area contributed by atoms with Crippen LogP contribution in [0, 0.1) is 0 Å². The highest BCUT2D eigenvalue weighted by Gasteiger charge is 2.30. The van der Waals surface area contributed by atoms with Crippen molar-refractivity contribution in [2.24, 2.45) is 0 Å². The Labute approximate surface area is 116 Å². The van der Waals surface area contributed by atoms with Crippen LogP contribution in [-0.4, -0.2) is 14.8 Å². The van der Waals surface area contributed by atoms with E-state index in [1.807, 2.05) is 13.8 Å². The number of pyridine rings is 1. The first kappa shape index (κ1) is 14.7. The van der Waals surface area contributed by atoms with Crippen molar-refractivity contribution in [2.45, 2.75) is 32.5 Å². The molecule has 0 spiro atoms. The molecule has 2 aromatic heterocycles. The highest BCUT2D eigenvalue weighted by atomic mass is 32.1. The predicted molar refractivity (Wildman–Crippen MR) is 68.8 cm³/mol. The molecule has 4 nitrogen and oxygen atoms in total. The highest BCUT2D eigenvalue weighted by molar-refractivity contribution is 7.11. The Morgan fingerprint density at radius 1 is 1.35 bits per heavy atom. The van der Waals surface area contributed by atoms with Crippen molar-refractivity contribution in [2.75, 3.05) is 0 Å². The standard InChI is InChI=1S/C12H12F3N3OS/c1-7(2)11-17-16-9(20-11)6-18-4-3-8(5-10(18)19)12(13,14)15/h3-5,7H,6H2,1-2H3. The summed E-state index contributed by atoms with van der Waals surface area (Å²) < 4.78 is 38.5. The molecule has 0 N–H and O–H groups in total. The van der Waals surface area contributed by atoms with E-state index in [-0.39, 0.29) is 12.5 Å². The summed E-state index contributed by atoms with van der Waals surface area (Å²) in [5, 5.41) is 9.33. The fraction of sp³-hybridized carbons (Fsp3) is 0.417. The van der Waals surface area contributed by atoms with Gasteiger partial charge in [0, 0.05) is 18.2 Å². The van der Waals surface area contributed by atoms with Crippen molar-refractivity contribution in [1.82, 2.24) is 14.8 Å². The molecule has 2 heterocycles. The lowest BCUT2D eigenvalue weighted by Crippen LogP contribution is -2.21. The smallest absolute Gasteiger partial charge is 0.309 e. The van der Waals surface area contributed by atoms with Gasteiger partial charge in [0.1, 0.15) is 10.0 Å². The van der Waals surface area contributed by atoms with Gasteiger partial charge in [0.25, 0.3) is 5.56 Å². The van der Waals surface area contributed by atoms with Crippen molar-refractivity contribution in [1.29, 1.82) is 0 Å². The van der Waals surface area contributed by atoms with Crippen molar-refractivity contribution in [3.8, 4) is 0 Å². The van der Waals surface area contributed by atoms with Crippen LogP contribution in [-0.2, 0) is 12.7 Å². The third-order valence-electron chi connectivity index (χ3n) is 2.61. The molecule has 0 aliphatic rings. The zero-order valence-corrected chi connectivity index (χ0v) is 11.6. The van der Waals surface area contributed by atoms with Crippen LogP contribution in [0.2, 0.25) is 0 Å². The number of hydrogen-bond acceptors (Lipinski definition) is 4. The molecular weight excluding hydrogens is 291 g/mol. The van der Waals surface area contributed by atoms with E-state index in [0.717, 1.165) is 17.3 Å². The summed E-state index contributed by atoms with van der Waals surface area (Å²) in [6, 6.07) is 1.47. The first-order valence-electron chi connectivity index (χ1n) is 5.87. The molecule has 2 aromatic rings. The minimum atomic E-state index is -4.51. The second kappa shape index (κ2) is 5.35. The molecule has 0 radical (unpaired) electrons. The summed E-state index contributed by atoms with van der Waals surface area (Å²) in [5.74, 6) is 0.227. The summed E-state index contributed by atoms with van der Waals surface area (Å²) in [7, 11) is 0. The number of alkyl halides is 3. The molecular formula is C12H12F3N3OS. The zero-order valence-electron chi connectivity index (χ0n) is 10.8. The molecule has 0 fully saturated rings. The lowest BCUT2D eigenvalue weighted by Gasteiger charge is -2.08. The van der Waals surface area contributed by atoms with Crippen LogP contribution < -0.4 is 5.56 Å². The van der Waals surface area contributed by atoms with Gasteiger partial charge in [-0.3, -0.25) is 4.79 Å². The molecule has 0 amide bonds. The van der Waals surface area contributed by atoms with E-state index in [1.54, 1.807) is 0 Å². The first-order valence-corrected chi connectivity index (χ1v) is 6.69. The molecule has 0 aromatic carbocycles. The number of nitrogens with zero attached hydrogens (tertiary/aromatic N) is 3. The number of hydrogen-bond donors (Lipinski definition) is 0. The van der Waals surface area contributed by atoms with Gasteiger partial charge < -0.3 is 4.57 Å². The Balaban J connectivity index is 2.24. The molecule has 2 rings (SSSR count). The molecule has 0 bridgehead atoms. The average molecular weight is 303 g/mol. The number of aromatic nitrogens is 3. The van der Waals surface area contributed by atoms with E-state index in [2.05, 4.69) is 10.2 Å². The molecule has 8 heteroatoms. The Hall–Kier alpha value is -1.70. The van der Waals surface area contributed by atoms with Crippen LogP contribution >= 0.6 is 11.3 Å². The fourth-order valence-electron chi connectivity index (χ4n) is 1.52. The van der Waals surface area contributed by atoms with E-state index < -0.39 is 17.3 Å². The average Bonchev–Trinajstić information content (AvgIpc) is 2.79. The first-order chi connectivity index (χ1) is 9.27. The second-order valence-corrected chi connectivity index (χ2v) is 5.66. The fourth-order valence-corrected chi connectivity index (χ4v) is 2.37. The summed E-state index contributed by atoms with van der Waals surface area (Å²) in [6.45, 7) is 4.06. The van der Waals surface area contributed by atoms with Gasteiger partial charge in [-0.25, -0.2) is 0 Å². The Morgan fingerprint density at radius 3 is 2.55 bits per heavy atom. The summed E-state index contributed by atoms with van der Waals surface area (Å²) >= 11 is 1.35. The Bertz CT molecular complexity index is 660. The summed E-state index contributed by atoms with van der Waals surface area (Å²) in [6.07, 6.45) is -3.38. The third-order valence-corrected chi connectivity index (χ3v) is 3.81. The molecule has 108 valence electrons. The Kier molecular flexibility index (Phi) is 3.94. The molecule has 0 unspecified atom stereocenters. The Morgan fingerprint density at radius 2 is 2.05 bits per heavy atom. The SMILES string of the molecule is CC(C)c1nnc(Cn2ccc(C(F)(F)F)cc2=O)s1. The predicted octanol–water partition coefficient (Wildman–Crippen LogP) is 2.89. The molecule has 0 saturated heterocycles. The lowest BCUT2D eigenvalue weighted by atomic mass is 10.2. The topological polar surface area (TPSA) is 47.8 Å². The van der Waals surface area contributed by atoms with E-state index in [0.29, 0.717) is 11.1 Å². The lowest BCUT2D eigenvalue weighted by molar-refractivity contribution is -0.137. The molecule has 0 saturated carbocycles. The maximum atomic E-state index is 12.5. The van der Waals surface area contributed by atoms with Crippen molar-refractivity contribution in [3.63, 3.8) is 0 Å². The van der Waals surface area contributed by atoms with Crippen LogP contribution in [0.25, 0.3) is 0 Å². The molecule has 20 heavy (non-hydrogen) atoms. The van der Waals surface area contributed by atoms with Gasteiger partial charge in [0.2, 0.25) is 0 Å². The van der Waals surface area contributed by atoms with E-state index >= 15 is 0 Å². The third kappa shape index (κ3) is 3.24. The van der Waals surface area contributed by atoms with Gasteiger partial charge in [-0.1, -0.05) is 25.2 Å². The van der Waals surface area contributed by atoms with Crippen molar-refractivity contribution < 1.29 is 13.2 Å². The van der Waals surface area contributed by atoms with Crippen LogP contribution in [0.4, 0.5) is 13.2 Å².